The Balaban J connectivity index is 2.40. The van der Waals surface area contributed by atoms with Gasteiger partial charge in [0.1, 0.15) is 6.04 Å². The molecule has 0 unspecified atom stereocenters. The molecule has 0 saturated carbocycles. The van der Waals surface area contributed by atoms with Gasteiger partial charge in [-0.05, 0) is 37.6 Å². The molecule has 0 aromatic heterocycles. The van der Waals surface area contributed by atoms with Gasteiger partial charge < -0.3 is 5.32 Å². The Morgan fingerprint density at radius 1 is 1.15 bits per heavy atom. The second-order valence-corrected chi connectivity index (χ2v) is 8.55. The van der Waals surface area contributed by atoms with Crippen molar-refractivity contribution in [2.24, 2.45) is 0 Å². The summed E-state index contributed by atoms with van der Waals surface area (Å²) in [6.07, 6.45) is 1.36. The maximum Gasteiger partial charge on any atom is 0.248 e. The molecule has 1 atom stereocenters. The zero-order chi connectivity index (χ0) is 19.5. The van der Waals surface area contributed by atoms with E-state index in [1.165, 1.54) is 0 Å². The number of hydrogen-bond acceptors (Lipinski definition) is 3. The number of benzene rings is 2. The zero-order valence-electron chi connectivity index (χ0n) is 14.7. The molecule has 1 N–H and O–H groups in total. The normalized spacial score (nSPS) is 12.5. The third-order valence-electron chi connectivity index (χ3n) is 3.83. The van der Waals surface area contributed by atoms with Crippen molar-refractivity contribution in [1.29, 1.82) is 0 Å². The molecule has 0 radical (unpaired) electrons. The van der Waals surface area contributed by atoms with Crippen LogP contribution < -0.4 is 9.62 Å². The molecule has 0 saturated heterocycles. The Morgan fingerprint density at radius 3 is 2.31 bits per heavy atom. The molecule has 5 nitrogen and oxygen atoms in total. The summed E-state index contributed by atoms with van der Waals surface area (Å²) in [7, 11) is -3.68. The number of rotatable bonds is 6. The number of nitrogens with zero attached hydrogens (tertiary/aromatic N) is 1. The highest BCUT2D eigenvalue weighted by Crippen LogP contribution is 2.30. The SMILES string of the molecule is CC[C@H](C(=O)Nc1cccc(Cl)c1Cl)N(c1ccc(C)cc1)S(C)(=O)=O. The first-order valence-corrected chi connectivity index (χ1v) is 10.6. The average Bonchev–Trinajstić information content (AvgIpc) is 2.56. The maximum atomic E-state index is 12.8. The van der Waals surface area contributed by atoms with E-state index in [4.69, 9.17) is 23.2 Å². The van der Waals surface area contributed by atoms with E-state index in [1.54, 1.807) is 49.4 Å². The molecule has 2 aromatic rings. The number of amides is 1. The van der Waals surface area contributed by atoms with Crippen molar-refractivity contribution >= 4 is 50.5 Å². The summed E-state index contributed by atoms with van der Waals surface area (Å²) in [5, 5.41) is 3.18. The van der Waals surface area contributed by atoms with Gasteiger partial charge in [-0.2, -0.15) is 0 Å². The molecule has 2 rings (SSSR count). The van der Waals surface area contributed by atoms with Crippen LogP contribution in [0.1, 0.15) is 18.9 Å². The minimum atomic E-state index is -3.68. The third-order valence-corrected chi connectivity index (χ3v) is 5.83. The Hall–Kier alpha value is -1.76. The van der Waals surface area contributed by atoms with E-state index in [2.05, 4.69) is 5.32 Å². The van der Waals surface area contributed by atoms with E-state index in [0.29, 0.717) is 16.4 Å². The Kier molecular flexibility index (Phi) is 6.55. The smallest absolute Gasteiger partial charge is 0.248 e. The van der Waals surface area contributed by atoms with Crippen LogP contribution in [0.15, 0.2) is 42.5 Å². The molecule has 0 fully saturated rings. The fourth-order valence-electron chi connectivity index (χ4n) is 2.57. The number of aryl methyl sites for hydroxylation is 1. The molecule has 0 aliphatic rings. The zero-order valence-corrected chi connectivity index (χ0v) is 17.0. The molecule has 140 valence electrons. The molecule has 8 heteroatoms. The van der Waals surface area contributed by atoms with Gasteiger partial charge in [-0.25, -0.2) is 8.42 Å². The first-order valence-electron chi connectivity index (χ1n) is 7.96. The van der Waals surface area contributed by atoms with Gasteiger partial charge in [0.2, 0.25) is 15.9 Å². The van der Waals surface area contributed by atoms with E-state index in [9.17, 15) is 13.2 Å². The lowest BCUT2D eigenvalue weighted by Crippen LogP contribution is -2.47. The molecule has 26 heavy (non-hydrogen) atoms. The number of carbonyl (C=O) groups excluding carboxylic acids is 1. The van der Waals surface area contributed by atoms with Gasteiger partial charge >= 0.3 is 0 Å². The van der Waals surface area contributed by atoms with E-state index in [0.717, 1.165) is 16.1 Å². The molecule has 0 heterocycles. The molecular weight excluding hydrogens is 395 g/mol. The number of halogens is 2. The highest BCUT2D eigenvalue weighted by Gasteiger charge is 2.31. The summed E-state index contributed by atoms with van der Waals surface area (Å²) in [6, 6.07) is 10.9. The topological polar surface area (TPSA) is 66.5 Å². The largest absolute Gasteiger partial charge is 0.323 e. The lowest BCUT2D eigenvalue weighted by atomic mass is 10.1. The van der Waals surface area contributed by atoms with Gasteiger partial charge in [0, 0.05) is 0 Å². The van der Waals surface area contributed by atoms with Crippen molar-refractivity contribution in [2.75, 3.05) is 15.9 Å². The van der Waals surface area contributed by atoms with Crippen LogP contribution in [0, 0.1) is 6.92 Å². The monoisotopic (exact) mass is 414 g/mol. The molecule has 2 aromatic carbocycles. The molecule has 0 aliphatic heterocycles. The molecule has 0 spiro atoms. The molecular formula is C18H20Cl2N2O3S. The predicted octanol–water partition coefficient (Wildman–Crippen LogP) is 4.49. The number of anilines is 2. The van der Waals surface area contributed by atoms with Crippen LogP contribution in [0.5, 0.6) is 0 Å². The minimum Gasteiger partial charge on any atom is -0.323 e. The second kappa shape index (κ2) is 8.29. The summed E-state index contributed by atoms with van der Waals surface area (Å²) in [6.45, 7) is 3.65. The standard InChI is InChI=1S/C18H20Cl2N2O3S/c1-4-16(18(23)21-15-7-5-6-14(19)17(15)20)22(26(3,24)25)13-10-8-12(2)9-11-13/h5-11,16H,4H2,1-3H3,(H,21,23)/t16-/m1/s1. The number of hydrogen-bond donors (Lipinski definition) is 1. The third kappa shape index (κ3) is 4.69. The lowest BCUT2D eigenvalue weighted by molar-refractivity contribution is -0.117. The van der Waals surface area contributed by atoms with Crippen molar-refractivity contribution in [3.05, 3.63) is 58.1 Å². The average molecular weight is 415 g/mol. The second-order valence-electron chi connectivity index (χ2n) is 5.91. The number of nitrogens with one attached hydrogen (secondary N) is 1. The van der Waals surface area contributed by atoms with Gasteiger partial charge in [0.25, 0.3) is 0 Å². The first kappa shape index (κ1) is 20.6. The van der Waals surface area contributed by atoms with Crippen molar-refractivity contribution in [1.82, 2.24) is 0 Å². The van der Waals surface area contributed by atoms with Gasteiger partial charge in [0.05, 0.1) is 27.7 Å². The van der Waals surface area contributed by atoms with E-state index < -0.39 is 22.0 Å². The van der Waals surface area contributed by atoms with E-state index >= 15 is 0 Å². The van der Waals surface area contributed by atoms with E-state index in [1.807, 2.05) is 6.92 Å². The van der Waals surface area contributed by atoms with Crippen molar-refractivity contribution in [2.45, 2.75) is 26.3 Å². The van der Waals surface area contributed by atoms with Crippen LogP contribution in [0.3, 0.4) is 0 Å². The number of carbonyl (C=O) groups is 1. The van der Waals surface area contributed by atoms with Crippen molar-refractivity contribution in [3.8, 4) is 0 Å². The summed E-state index contributed by atoms with van der Waals surface area (Å²) in [5.41, 5.74) is 1.75. The van der Waals surface area contributed by atoms with Crippen LogP contribution in [0.4, 0.5) is 11.4 Å². The Labute approximate surface area is 164 Å². The maximum absolute atomic E-state index is 12.8. The quantitative estimate of drug-likeness (QED) is 0.756. The van der Waals surface area contributed by atoms with Crippen LogP contribution in [-0.2, 0) is 14.8 Å². The van der Waals surface area contributed by atoms with Gasteiger partial charge in [0.15, 0.2) is 0 Å². The highest BCUT2D eigenvalue weighted by atomic mass is 35.5. The highest BCUT2D eigenvalue weighted by molar-refractivity contribution is 7.92. The summed E-state index contributed by atoms with van der Waals surface area (Å²) < 4.78 is 25.9. The van der Waals surface area contributed by atoms with Crippen molar-refractivity contribution in [3.63, 3.8) is 0 Å². The summed E-state index contributed by atoms with van der Waals surface area (Å²) in [5.74, 6) is -0.484. The molecule has 0 bridgehead atoms. The van der Waals surface area contributed by atoms with Crippen LogP contribution in [0.2, 0.25) is 10.0 Å². The molecule has 0 aliphatic carbocycles. The predicted molar refractivity (Wildman–Crippen MR) is 108 cm³/mol. The van der Waals surface area contributed by atoms with Gasteiger partial charge in [-0.3, -0.25) is 9.10 Å². The van der Waals surface area contributed by atoms with Crippen LogP contribution in [0.25, 0.3) is 0 Å². The fraction of sp³-hybridized carbons (Fsp3) is 0.278. The summed E-state index contributed by atoms with van der Waals surface area (Å²) >= 11 is 12.1. The van der Waals surface area contributed by atoms with E-state index in [-0.39, 0.29) is 11.4 Å². The van der Waals surface area contributed by atoms with Crippen molar-refractivity contribution < 1.29 is 13.2 Å². The summed E-state index contributed by atoms with van der Waals surface area (Å²) in [4.78, 5) is 12.8. The molecule has 1 amide bonds. The van der Waals surface area contributed by atoms with Gasteiger partial charge in [-0.1, -0.05) is 53.9 Å². The lowest BCUT2D eigenvalue weighted by Gasteiger charge is -2.30. The van der Waals surface area contributed by atoms with Gasteiger partial charge in [-0.15, -0.1) is 0 Å². The van der Waals surface area contributed by atoms with Crippen LogP contribution >= 0.6 is 23.2 Å². The Morgan fingerprint density at radius 2 is 1.77 bits per heavy atom. The number of sulfonamides is 1. The van der Waals surface area contributed by atoms with Crippen LogP contribution in [-0.4, -0.2) is 26.6 Å². The fourth-order valence-corrected chi connectivity index (χ4v) is 4.13. The minimum absolute atomic E-state index is 0.207. The first-order chi connectivity index (χ1) is 12.1. The Bertz CT molecular complexity index is 899.